The molecule has 0 atom stereocenters. The molecule has 1 aromatic carbocycles. The van der Waals surface area contributed by atoms with Gasteiger partial charge in [0.05, 0.1) is 17.7 Å². The standard InChI is InChI=1S/C11H10N2/c1-9-4-2-5-10(8-13)11(9)6-3-7-12/h2,4-5H,3,6H2,1H3. The van der Waals surface area contributed by atoms with Crippen LogP contribution in [-0.2, 0) is 6.42 Å². The van der Waals surface area contributed by atoms with Gasteiger partial charge in [0.25, 0.3) is 0 Å². The lowest BCUT2D eigenvalue weighted by molar-refractivity contribution is 0.990. The van der Waals surface area contributed by atoms with E-state index in [0.29, 0.717) is 18.4 Å². The lowest BCUT2D eigenvalue weighted by Crippen LogP contribution is -1.93. The molecule has 64 valence electrons. The van der Waals surface area contributed by atoms with Gasteiger partial charge in [-0.25, -0.2) is 0 Å². The van der Waals surface area contributed by atoms with Crippen molar-refractivity contribution in [3.05, 3.63) is 34.9 Å². The Bertz CT molecular complexity index is 380. The quantitative estimate of drug-likeness (QED) is 0.683. The van der Waals surface area contributed by atoms with Gasteiger partial charge >= 0.3 is 0 Å². The van der Waals surface area contributed by atoms with E-state index in [2.05, 4.69) is 12.1 Å². The first-order valence-corrected chi connectivity index (χ1v) is 4.15. The van der Waals surface area contributed by atoms with Crippen molar-refractivity contribution in [2.75, 3.05) is 0 Å². The van der Waals surface area contributed by atoms with Crippen LogP contribution in [0.3, 0.4) is 0 Å². The molecule has 0 radical (unpaired) electrons. The fourth-order valence-electron chi connectivity index (χ4n) is 1.32. The van der Waals surface area contributed by atoms with Crippen LogP contribution in [0.1, 0.15) is 23.1 Å². The number of aryl methyl sites for hydroxylation is 1. The fourth-order valence-corrected chi connectivity index (χ4v) is 1.32. The lowest BCUT2D eigenvalue weighted by atomic mass is 9.99. The minimum absolute atomic E-state index is 0.472. The molecular formula is C11H10N2. The number of nitriles is 2. The number of nitrogens with zero attached hydrogens (tertiary/aromatic N) is 2. The van der Waals surface area contributed by atoms with Gasteiger partial charge < -0.3 is 0 Å². The van der Waals surface area contributed by atoms with Crippen LogP contribution in [0.4, 0.5) is 0 Å². The van der Waals surface area contributed by atoms with Crippen molar-refractivity contribution in [2.45, 2.75) is 19.8 Å². The molecule has 13 heavy (non-hydrogen) atoms. The van der Waals surface area contributed by atoms with Crippen molar-refractivity contribution in [1.82, 2.24) is 0 Å². The Labute approximate surface area is 78.0 Å². The Morgan fingerprint density at radius 1 is 1.31 bits per heavy atom. The van der Waals surface area contributed by atoms with E-state index < -0.39 is 0 Å². The highest BCUT2D eigenvalue weighted by Crippen LogP contribution is 2.14. The van der Waals surface area contributed by atoms with Crippen molar-refractivity contribution >= 4 is 0 Å². The summed E-state index contributed by atoms with van der Waals surface area (Å²) >= 11 is 0. The Hall–Kier alpha value is -1.80. The molecule has 2 heteroatoms. The summed E-state index contributed by atoms with van der Waals surface area (Å²) in [6.45, 7) is 1.97. The van der Waals surface area contributed by atoms with Crippen LogP contribution in [0.25, 0.3) is 0 Å². The lowest BCUT2D eigenvalue weighted by Gasteiger charge is -2.04. The first-order chi connectivity index (χ1) is 6.29. The molecule has 0 bridgehead atoms. The summed E-state index contributed by atoms with van der Waals surface area (Å²) in [6, 6.07) is 9.84. The number of hydrogen-bond donors (Lipinski definition) is 0. The Balaban J connectivity index is 3.04. The van der Waals surface area contributed by atoms with E-state index >= 15 is 0 Å². The maximum atomic E-state index is 8.81. The first-order valence-electron chi connectivity index (χ1n) is 4.15. The minimum atomic E-state index is 0.472. The smallest absolute Gasteiger partial charge is 0.0994 e. The Morgan fingerprint density at radius 3 is 2.69 bits per heavy atom. The Kier molecular flexibility index (Phi) is 3.06. The summed E-state index contributed by atoms with van der Waals surface area (Å²) in [5.41, 5.74) is 2.79. The zero-order valence-corrected chi connectivity index (χ0v) is 7.54. The largest absolute Gasteiger partial charge is 0.198 e. The van der Waals surface area contributed by atoms with Crippen molar-refractivity contribution in [3.8, 4) is 12.1 Å². The topological polar surface area (TPSA) is 47.6 Å². The van der Waals surface area contributed by atoms with Gasteiger partial charge in [0.1, 0.15) is 0 Å². The van der Waals surface area contributed by atoms with E-state index in [4.69, 9.17) is 10.5 Å². The summed E-state index contributed by atoms with van der Waals surface area (Å²) in [5.74, 6) is 0. The van der Waals surface area contributed by atoms with Gasteiger partial charge in [-0.05, 0) is 30.5 Å². The van der Waals surface area contributed by atoms with Gasteiger partial charge in [0.15, 0.2) is 0 Å². The van der Waals surface area contributed by atoms with Gasteiger partial charge in [0, 0.05) is 6.42 Å². The first kappa shape index (κ1) is 9.29. The average molecular weight is 170 g/mol. The van der Waals surface area contributed by atoms with Gasteiger partial charge in [-0.15, -0.1) is 0 Å². The predicted octanol–water partition coefficient (Wildman–Crippen LogP) is 2.32. The molecule has 0 saturated carbocycles. The van der Waals surface area contributed by atoms with Crippen LogP contribution >= 0.6 is 0 Å². The molecule has 0 aliphatic heterocycles. The third kappa shape index (κ3) is 2.07. The van der Waals surface area contributed by atoms with Crippen molar-refractivity contribution in [2.24, 2.45) is 0 Å². The van der Waals surface area contributed by atoms with E-state index in [-0.39, 0.29) is 0 Å². The summed E-state index contributed by atoms with van der Waals surface area (Å²) < 4.78 is 0. The molecule has 0 aliphatic rings. The zero-order chi connectivity index (χ0) is 9.68. The fraction of sp³-hybridized carbons (Fsp3) is 0.273. The molecule has 1 aromatic rings. The molecule has 0 saturated heterocycles. The van der Waals surface area contributed by atoms with Gasteiger partial charge in [0.2, 0.25) is 0 Å². The van der Waals surface area contributed by atoms with Crippen LogP contribution < -0.4 is 0 Å². The van der Waals surface area contributed by atoms with Crippen molar-refractivity contribution in [1.29, 1.82) is 10.5 Å². The van der Waals surface area contributed by atoms with Crippen LogP contribution in [0.2, 0.25) is 0 Å². The van der Waals surface area contributed by atoms with E-state index in [0.717, 1.165) is 11.1 Å². The second-order valence-electron chi connectivity index (χ2n) is 2.87. The van der Waals surface area contributed by atoms with Gasteiger partial charge in [-0.2, -0.15) is 10.5 Å². The molecule has 0 heterocycles. The van der Waals surface area contributed by atoms with E-state index in [1.165, 1.54) is 0 Å². The van der Waals surface area contributed by atoms with Gasteiger partial charge in [-0.1, -0.05) is 12.1 Å². The molecule has 0 aromatic heterocycles. The highest BCUT2D eigenvalue weighted by molar-refractivity contribution is 5.42. The van der Waals surface area contributed by atoms with Crippen molar-refractivity contribution in [3.63, 3.8) is 0 Å². The molecule has 0 fully saturated rings. The van der Waals surface area contributed by atoms with E-state index in [1.807, 2.05) is 19.1 Å². The van der Waals surface area contributed by atoms with Crippen LogP contribution in [0, 0.1) is 29.6 Å². The monoisotopic (exact) mass is 170 g/mol. The van der Waals surface area contributed by atoms with Crippen LogP contribution in [-0.4, -0.2) is 0 Å². The Morgan fingerprint density at radius 2 is 2.08 bits per heavy atom. The molecular weight excluding hydrogens is 160 g/mol. The number of hydrogen-bond acceptors (Lipinski definition) is 2. The molecule has 0 amide bonds. The van der Waals surface area contributed by atoms with E-state index in [9.17, 15) is 0 Å². The summed E-state index contributed by atoms with van der Waals surface area (Å²) in [5, 5.41) is 17.3. The molecule has 0 aliphatic carbocycles. The maximum absolute atomic E-state index is 8.81. The summed E-state index contributed by atoms with van der Waals surface area (Å²) in [4.78, 5) is 0. The highest BCUT2D eigenvalue weighted by atomic mass is 14.3. The third-order valence-electron chi connectivity index (χ3n) is 2.02. The average Bonchev–Trinajstić information content (AvgIpc) is 2.15. The SMILES string of the molecule is Cc1cccc(C#N)c1CCC#N. The van der Waals surface area contributed by atoms with Gasteiger partial charge in [-0.3, -0.25) is 0 Å². The minimum Gasteiger partial charge on any atom is -0.198 e. The third-order valence-corrected chi connectivity index (χ3v) is 2.02. The molecule has 2 nitrogen and oxygen atoms in total. The zero-order valence-electron chi connectivity index (χ0n) is 7.54. The molecule has 0 N–H and O–H groups in total. The van der Waals surface area contributed by atoms with Crippen molar-refractivity contribution < 1.29 is 0 Å². The molecule has 1 rings (SSSR count). The highest BCUT2D eigenvalue weighted by Gasteiger charge is 2.03. The van der Waals surface area contributed by atoms with E-state index in [1.54, 1.807) is 6.07 Å². The number of benzene rings is 1. The predicted molar refractivity (Wildman–Crippen MR) is 49.8 cm³/mol. The summed E-state index contributed by atoms with van der Waals surface area (Å²) in [6.07, 6.45) is 1.14. The second kappa shape index (κ2) is 4.28. The normalized spacial score (nSPS) is 8.85. The van der Waals surface area contributed by atoms with Crippen LogP contribution in [0.15, 0.2) is 18.2 Å². The van der Waals surface area contributed by atoms with Crippen LogP contribution in [0.5, 0.6) is 0 Å². The summed E-state index contributed by atoms with van der Waals surface area (Å²) in [7, 11) is 0. The molecule has 0 spiro atoms. The number of rotatable bonds is 2. The maximum Gasteiger partial charge on any atom is 0.0994 e. The molecule has 0 unspecified atom stereocenters. The second-order valence-corrected chi connectivity index (χ2v) is 2.87.